The van der Waals surface area contributed by atoms with Gasteiger partial charge >= 0.3 is 0 Å². The maximum atomic E-state index is 12.4. The van der Waals surface area contributed by atoms with Crippen LogP contribution in [0.3, 0.4) is 0 Å². The summed E-state index contributed by atoms with van der Waals surface area (Å²) in [5.41, 5.74) is 3.25. The van der Waals surface area contributed by atoms with E-state index in [0.29, 0.717) is 5.56 Å². The third kappa shape index (κ3) is 5.03. The third-order valence-corrected chi connectivity index (χ3v) is 4.01. The Balaban J connectivity index is 2.18. The summed E-state index contributed by atoms with van der Waals surface area (Å²) in [4.78, 5) is 12.4. The van der Waals surface area contributed by atoms with Crippen molar-refractivity contribution in [2.45, 2.75) is 23.8 Å². The van der Waals surface area contributed by atoms with Gasteiger partial charge < -0.3 is 10.6 Å². The van der Waals surface area contributed by atoms with Crippen molar-refractivity contribution in [3.8, 4) is 0 Å². The second kappa shape index (κ2) is 7.43. The normalized spacial score (nSPS) is 12.6. The van der Waals surface area contributed by atoms with Gasteiger partial charge in [0.25, 0.3) is 5.91 Å². The highest BCUT2D eigenvalue weighted by Gasteiger charge is 2.34. The van der Waals surface area contributed by atoms with Crippen LogP contribution in [0.1, 0.15) is 21.5 Å². The lowest BCUT2D eigenvalue weighted by Crippen LogP contribution is -2.49. The largest absolute Gasteiger partial charge is 0.362 e. The predicted octanol–water partition coefficient (Wildman–Crippen LogP) is 4.84. The van der Waals surface area contributed by atoms with E-state index >= 15 is 0 Å². The number of hydrogen-bond acceptors (Lipinski definition) is 2. The zero-order valence-corrected chi connectivity index (χ0v) is 15.0. The first-order chi connectivity index (χ1) is 10.8. The molecule has 0 radical (unpaired) electrons. The van der Waals surface area contributed by atoms with Crippen LogP contribution in [0.2, 0.25) is 0 Å². The van der Waals surface area contributed by atoms with Crippen LogP contribution in [0.5, 0.6) is 0 Å². The second-order valence-corrected chi connectivity index (χ2v) is 7.64. The maximum Gasteiger partial charge on any atom is 0.253 e. The van der Waals surface area contributed by atoms with Crippen LogP contribution in [0.15, 0.2) is 48.5 Å². The molecule has 0 fully saturated rings. The van der Waals surface area contributed by atoms with Crippen LogP contribution in [-0.4, -0.2) is 15.9 Å². The number of halogens is 3. The molecule has 0 unspecified atom stereocenters. The topological polar surface area (TPSA) is 41.1 Å². The Morgan fingerprint density at radius 2 is 1.61 bits per heavy atom. The van der Waals surface area contributed by atoms with Gasteiger partial charge in [-0.05, 0) is 37.6 Å². The summed E-state index contributed by atoms with van der Waals surface area (Å²) in [5, 5.41) is 5.77. The van der Waals surface area contributed by atoms with Gasteiger partial charge in [0.2, 0.25) is 3.79 Å². The summed E-state index contributed by atoms with van der Waals surface area (Å²) in [5.74, 6) is -0.306. The van der Waals surface area contributed by atoms with Crippen molar-refractivity contribution >= 4 is 46.4 Å². The molecule has 0 saturated carbocycles. The molecule has 2 N–H and O–H groups in total. The molecule has 0 aliphatic carbocycles. The first kappa shape index (κ1) is 17.9. The molecule has 2 aromatic rings. The van der Waals surface area contributed by atoms with Gasteiger partial charge in [-0.1, -0.05) is 70.7 Å². The summed E-state index contributed by atoms with van der Waals surface area (Å²) < 4.78 is -1.71. The van der Waals surface area contributed by atoms with Crippen LogP contribution in [0, 0.1) is 13.8 Å². The Morgan fingerprint density at radius 1 is 1.00 bits per heavy atom. The summed E-state index contributed by atoms with van der Waals surface area (Å²) >= 11 is 18.0. The average molecular weight is 372 g/mol. The van der Waals surface area contributed by atoms with Crippen molar-refractivity contribution in [3.63, 3.8) is 0 Å². The van der Waals surface area contributed by atoms with Gasteiger partial charge in [0.1, 0.15) is 6.17 Å². The lowest BCUT2D eigenvalue weighted by Gasteiger charge is -2.27. The smallest absolute Gasteiger partial charge is 0.253 e. The van der Waals surface area contributed by atoms with E-state index in [1.165, 1.54) is 0 Å². The van der Waals surface area contributed by atoms with Crippen molar-refractivity contribution in [2.75, 3.05) is 5.32 Å². The van der Waals surface area contributed by atoms with Crippen molar-refractivity contribution in [1.29, 1.82) is 0 Å². The number of hydrogen-bond donors (Lipinski definition) is 2. The van der Waals surface area contributed by atoms with Gasteiger partial charge in [-0.25, -0.2) is 0 Å². The van der Waals surface area contributed by atoms with Crippen LogP contribution >= 0.6 is 34.8 Å². The summed E-state index contributed by atoms with van der Waals surface area (Å²) in [6.07, 6.45) is -0.873. The van der Waals surface area contributed by atoms with Crippen molar-refractivity contribution in [3.05, 3.63) is 65.2 Å². The van der Waals surface area contributed by atoms with Crippen molar-refractivity contribution in [1.82, 2.24) is 5.32 Å². The molecule has 2 aromatic carbocycles. The molecule has 1 atom stereocenters. The second-order valence-electron chi connectivity index (χ2n) is 5.27. The summed E-state index contributed by atoms with van der Waals surface area (Å²) in [6, 6.07) is 14.8. The molecule has 3 nitrogen and oxygen atoms in total. The standard InChI is InChI=1S/C17H17Cl3N2O/c1-11-7-9-13(10-8-11)21-16(17(18,19)20)22-15(23)14-6-4-3-5-12(14)2/h3-10,16,21H,1-2H3,(H,22,23)/t16-/m0/s1. The number of benzene rings is 2. The van der Waals surface area contributed by atoms with Crippen LogP contribution < -0.4 is 10.6 Å². The molecule has 2 rings (SSSR count). The molecule has 0 saturated heterocycles. The fraction of sp³-hybridized carbons (Fsp3) is 0.235. The Bertz CT molecular complexity index is 681. The number of carbonyl (C=O) groups is 1. The number of anilines is 1. The molecule has 0 spiro atoms. The van der Waals surface area contributed by atoms with Gasteiger partial charge in [0, 0.05) is 11.3 Å². The minimum Gasteiger partial charge on any atom is -0.362 e. The Labute approximate surface area is 150 Å². The van der Waals surface area contributed by atoms with E-state index in [1.54, 1.807) is 12.1 Å². The summed E-state index contributed by atoms with van der Waals surface area (Å²) in [7, 11) is 0. The van der Waals surface area contributed by atoms with Gasteiger partial charge in [-0.3, -0.25) is 4.79 Å². The SMILES string of the molecule is Cc1ccc(N[C@@H](NC(=O)c2ccccc2C)C(Cl)(Cl)Cl)cc1. The number of carbonyl (C=O) groups excluding carboxylic acids is 1. The molecule has 122 valence electrons. The molecule has 23 heavy (non-hydrogen) atoms. The van der Waals surface area contributed by atoms with Crippen molar-refractivity contribution in [2.24, 2.45) is 0 Å². The van der Waals surface area contributed by atoms with E-state index in [1.807, 2.05) is 50.2 Å². The number of amides is 1. The van der Waals surface area contributed by atoms with E-state index in [-0.39, 0.29) is 5.91 Å². The van der Waals surface area contributed by atoms with Crippen LogP contribution in [-0.2, 0) is 0 Å². The Hall–Kier alpha value is -1.42. The first-order valence-corrected chi connectivity index (χ1v) is 8.17. The van der Waals surface area contributed by atoms with E-state index in [9.17, 15) is 4.79 Å². The molecule has 0 heterocycles. The van der Waals surface area contributed by atoms with Gasteiger partial charge in [-0.15, -0.1) is 0 Å². The lowest BCUT2D eigenvalue weighted by atomic mass is 10.1. The van der Waals surface area contributed by atoms with Gasteiger partial charge in [0.15, 0.2) is 0 Å². The quantitative estimate of drug-likeness (QED) is 0.596. The van der Waals surface area contributed by atoms with Crippen molar-refractivity contribution < 1.29 is 4.79 Å². The molecular weight excluding hydrogens is 355 g/mol. The molecule has 0 aliphatic heterocycles. The fourth-order valence-electron chi connectivity index (χ4n) is 2.05. The van der Waals surface area contributed by atoms with Crippen LogP contribution in [0.4, 0.5) is 5.69 Å². The zero-order chi connectivity index (χ0) is 17.0. The fourth-order valence-corrected chi connectivity index (χ4v) is 2.38. The number of alkyl halides is 3. The molecule has 1 amide bonds. The lowest BCUT2D eigenvalue weighted by molar-refractivity contribution is 0.0941. The highest BCUT2D eigenvalue weighted by atomic mass is 35.6. The predicted molar refractivity (Wildman–Crippen MR) is 97.5 cm³/mol. The molecular formula is C17H17Cl3N2O. The number of rotatable bonds is 4. The monoisotopic (exact) mass is 370 g/mol. The Kier molecular flexibility index (Phi) is 5.79. The van der Waals surface area contributed by atoms with Gasteiger partial charge in [-0.2, -0.15) is 0 Å². The van der Waals surface area contributed by atoms with E-state index in [0.717, 1.165) is 16.8 Å². The minimum atomic E-state index is -1.71. The maximum absolute atomic E-state index is 12.4. The third-order valence-electron chi connectivity index (χ3n) is 3.36. The van der Waals surface area contributed by atoms with Crippen LogP contribution in [0.25, 0.3) is 0 Å². The molecule has 0 aliphatic rings. The molecule has 0 aromatic heterocycles. The number of aryl methyl sites for hydroxylation is 2. The van der Waals surface area contributed by atoms with E-state index in [2.05, 4.69) is 10.6 Å². The van der Waals surface area contributed by atoms with Gasteiger partial charge in [0.05, 0.1) is 0 Å². The molecule has 6 heteroatoms. The minimum absolute atomic E-state index is 0.306. The molecule has 0 bridgehead atoms. The zero-order valence-electron chi connectivity index (χ0n) is 12.7. The number of nitrogens with one attached hydrogen (secondary N) is 2. The summed E-state index contributed by atoms with van der Waals surface area (Å²) in [6.45, 7) is 3.84. The Morgan fingerprint density at radius 3 is 2.17 bits per heavy atom. The van der Waals surface area contributed by atoms with E-state index in [4.69, 9.17) is 34.8 Å². The highest BCUT2D eigenvalue weighted by Crippen LogP contribution is 2.31. The average Bonchev–Trinajstić information content (AvgIpc) is 2.48. The van der Waals surface area contributed by atoms with E-state index < -0.39 is 9.96 Å². The first-order valence-electron chi connectivity index (χ1n) is 7.04. The highest BCUT2D eigenvalue weighted by molar-refractivity contribution is 6.68.